The van der Waals surface area contributed by atoms with Crippen LogP contribution < -0.4 is 5.32 Å². The second-order valence-corrected chi connectivity index (χ2v) is 4.87. The van der Waals surface area contributed by atoms with Crippen LogP contribution in [0.3, 0.4) is 0 Å². The summed E-state index contributed by atoms with van der Waals surface area (Å²) in [6.45, 7) is 1.93. The molecule has 0 aliphatic heterocycles. The Balaban J connectivity index is 2.19. The lowest BCUT2D eigenvalue weighted by Crippen LogP contribution is -2.05. The van der Waals surface area contributed by atoms with Gasteiger partial charge in [-0.1, -0.05) is 0 Å². The Hall–Kier alpha value is -1.69. The summed E-state index contributed by atoms with van der Waals surface area (Å²) >= 11 is 2.99. The van der Waals surface area contributed by atoms with Crippen molar-refractivity contribution in [3.05, 3.63) is 51.8 Å². The van der Waals surface area contributed by atoms with Gasteiger partial charge in [-0.15, -0.1) is 0 Å². The molecular formula is C13H11BrF2N2O. The maximum Gasteiger partial charge on any atom is 0.149 e. The second-order valence-electron chi connectivity index (χ2n) is 4.02. The first-order valence-electron chi connectivity index (χ1n) is 5.51. The minimum atomic E-state index is -0.701. The molecule has 0 spiro atoms. The van der Waals surface area contributed by atoms with Gasteiger partial charge in [0.15, 0.2) is 0 Å². The first kappa shape index (κ1) is 13.7. The monoisotopic (exact) mass is 328 g/mol. The minimum absolute atomic E-state index is 0.0275. The maximum absolute atomic E-state index is 13.5. The van der Waals surface area contributed by atoms with Crippen LogP contribution in [0.5, 0.6) is 5.75 Å². The van der Waals surface area contributed by atoms with E-state index < -0.39 is 11.6 Å². The standard InChI is InChI=1S/C13H11BrF2N2O/c1-7-2-3-13(19)12(18-7)6-17-11-4-8(14)9(15)5-10(11)16/h2-5,17,19H,6H2,1H3. The number of hydrogen-bond acceptors (Lipinski definition) is 3. The molecule has 1 heterocycles. The van der Waals surface area contributed by atoms with E-state index in [9.17, 15) is 13.9 Å². The fraction of sp³-hybridized carbons (Fsp3) is 0.154. The number of hydrogen-bond donors (Lipinski definition) is 2. The van der Waals surface area contributed by atoms with Crippen LogP contribution in [0.15, 0.2) is 28.7 Å². The zero-order valence-corrected chi connectivity index (χ0v) is 11.6. The molecule has 2 N–H and O–H groups in total. The number of nitrogens with one attached hydrogen (secondary N) is 1. The average Bonchev–Trinajstić information content (AvgIpc) is 2.36. The summed E-state index contributed by atoms with van der Waals surface area (Å²) < 4.78 is 26.7. The number of anilines is 1. The molecule has 0 amide bonds. The number of aryl methyl sites for hydroxylation is 1. The lowest BCUT2D eigenvalue weighted by Gasteiger charge is -2.10. The quantitative estimate of drug-likeness (QED) is 0.843. The number of halogens is 3. The topological polar surface area (TPSA) is 45.1 Å². The molecule has 100 valence electrons. The molecule has 1 aromatic carbocycles. The van der Waals surface area contributed by atoms with E-state index in [2.05, 4.69) is 26.2 Å². The molecule has 0 saturated heterocycles. The Bertz CT molecular complexity index is 620. The smallest absolute Gasteiger partial charge is 0.149 e. The number of pyridine rings is 1. The Morgan fingerprint density at radius 3 is 2.74 bits per heavy atom. The lowest BCUT2D eigenvalue weighted by molar-refractivity contribution is 0.464. The van der Waals surface area contributed by atoms with Gasteiger partial charge in [-0.2, -0.15) is 0 Å². The van der Waals surface area contributed by atoms with Gasteiger partial charge in [-0.05, 0) is 41.1 Å². The van der Waals surface area contributed by atoms with Crippen molar-refractivity contribution in [2.24, 2.45) is 0 Å². The van der Waals surface area contributed by atoms with E-state index in [0.29, 0.717) is 5.69 Å². The van der Waals surface area contributed by atoms with E-state index in [1.54, 1.807) is 13.0 Å². The van der Waals surface area contributed by atoms with E-state index >= 15 is 0 Å². The van der Waals surface area contributed by atoms with Crippen molar-refractivity contribution in [2.75, 3.05) is 5.32 Å². The molecule has 0 fully saturated rings. The average molecular weight is 329 g/mol. The summed E-state index contributed by atoms with van der Waals surface area (Å²) in [6, 6.07) is 5.29. The highest BCUT2D eigenvalue weighted by Crippen LogP contribution is 2.24. The fourth-order valence-corrected chi connectivity index (χ4v) is 1.91. The molecule has 0 bridgehead atoms. The van der Waals surface area contributed by atoms with Gasteiger partial charge in [0.2, 0.25) is 0 Å². The largest absolute Gasteiger partial charge is 0.506 e. The van der Waals surface area contributed by atoms with Crippen LogP contribution >= 0.6 is 15.9 Å². The molecule has 1 aromatic heterocycles. The van der Waals surface area contributed by atoms with Crippen molar-refractivity contribution >= 4 is 21.6 Å². The van der Waals surface area contributed by atoms with Crippen LogP contribution in [0.2, 0.25) is 0 Å². The summed E-state index contributed by atoms with van der Waals surface area (Å²) in [7, 11) is 0. The molecule has 19 heavy (non-hydrogen) atoms. The van der Waals surface area contributed by atoms with Gasteiger partial charge < -0.3 is 10.4 Å². The highest BCUT2D eigenvalue weighted by atomic mass is 79.9. The summed E-state index contributed by atoms with van der Waals surface area (Å²) in [5.41, 5.74) is 1.28. The molecule has 0 radical (unpaired) electrons. The summed E-state index contributed by atoms with van der Waals surface area (Å²) in [5, 5.41) is 12.4. The van der Waals surface area contributed by atoms with Crippen molar-refractivity contribution in [3.63, 3.8) is 0 Å². The molecule has 2 rings (SSSR count). The minimum Gasteiger partial charge on any atom is -0.506 e. The van der Waals surface area contributed by atoms with Gasteiger partial charge in [-0.3, -0.25) is 4.98 Å². The number of benzene rings is 1. The summed E-state index contributed by atoms with van der Waals surface area (Å²) in [4.78, 5) is 4.14. The van der Waals surface area contributed by atoms with Crippen LogP contribution in [0.1, 0.15) is 11.4 Å². The maximum atomic E-state index is 13.5. The van der Waals surface area contributed by atoms with E-state index in [-0.39, 0.29) is 22.5 Å². The number of rotatable bonds is 3. The Morgan fingerprint density at radius 1 is 1.26 bits per heavy atom. The van der Waals surface area contributed by atoms with Crippen LogP contribution in [-0.4, -0.2) is 10.1 Å². The number of aromatic nitrogens is 1. The third-order valence-corrected chi connectivity index (χ3v) is 3.15. The molecule has 0 aliphatic rings. The Morgan fingerprint density at radius 2 is 2.00 bits per heavy atom. The SMILES string of the molecule is Cc1ccc(O)c(CNc2cc(Br)c(F)cc2F)n1. The Kier molecular flexibility index (Phi) is 3.99. The highest BCUT2D eigenvalue weighted by Gasteiger charge is 2.09. The predicted molar refractivity (Wildman–Crippen MR) is 72.0 cm³/mol. The van der Waals surface area contributed by atoms with E-state index in [1.807, 2.05) is 0 Å². The van der Waals surface area contributed by atoms with Gasteiger partial charge in [-0.25, -0.2) is 8.78 Å². The number of aromatic hydroxyl groups is 1. The normalized spacial score (nSPS) is 10.5. The van der Waals surface area contributed by atoms with Crippen molar-refractivity contribution in [2.45, 2.75) is 13.5 Å². The highest BCUT2D eigenvalue weighted by molar-refractivity contribution is 9.10. The van der Waals surface area contributed by atoms with Gasteiger partial charge in [0.05, 0.1) is 16.7 Å². The molecule has 0 saturated carbocycles. The van der Waals surface area contributed by atoms with Gasteiger partial charge >= 0.3 is 0 Å². The van der Waals surface area contributed by atoms with Gasteiger partial charge in [0.1, 0.15) is 23.1 Å². The van der Waals surface area contributed by atoms with Gasteiger partial charge in [0.25, 0.3) is 0 Å². The van der Waals surface area contributed by atoms with E-state index in [1.165, 1.54) is 12.1 Å². The zero-order valence-electron chi connectivity index (χ0n) is 10.0. The van der Waals surface area contributed by atoms with E-state index in [4.69, 9.17) is 0 Å². The molecular weight excluding hydrogens is 318 g/mol. The zero-order chi connectivity index (χ0) is 14.0. The van der Waals surface area contributed by atoms with Crippen molar-refractivity contribution in [3.8, 4) is 5.75 Å². The van der Waals surface area contributed by atoms with Crippen LogP contribution in [0.4, 0.5) is 14.5 Å². The molecule has 3 nitrogen and oxygen atoms in total. The molecule has 2 aromatic rings. The fourth-order valence-electron chi connectivity index (χ4n) is 1.57. The van der Waals surface area contributed by atoms with Crippen molar-refractivity contribution in [1.82, 2.24) is 4.98 Å². The third kappa shape index (κ3) is 3.20. The second kappa shape index (κ2) is 5.52. The molecule has 0 aliphatic carbocycles. The summed E-state index contributed by atoms with van der Waals surface area (Å²) in [6.07, 6.45) is 0. The first-order chi connectivity index (χ1) is 8.97. The Labute approximate surface area is 117 Å². The van der Waals surface area contributed by atoms with E-state index in [0.717, 1.165) is 11.8 Å². The first-order valence-corrected chi connectivity index (χ1v) is 6.30. The number of nitrogens with zero attached hydrogens (tertiary/aromatic N) is 1. The van der Waals surface area contributed by atoms with Crippen molar-refractivity contribution in [1.29, 1.82) is 0 Å². The van der Waals surface area contributed by atoms with Crippen LogP contribution in [0, 0.1) is 18.6 Å². The van der Waals surface area contributed by atoms with Crippen molar-refractivity contribution < 1.29 is 13.9 Å². The molecule has 0 atom stereocenters. The lowest BCUT2D eigenvalue weighted by atomic mass is 10.2. The molecule has 0 unspecified atom stereocenters. The molecule has 6 heteroatoms. The summed E-state index contributed by atoms with van der Waals surface area (Å²) in [5.74, 6) is -1.34. The predicted octanol–water partition coefficient (Wildman–Crippen LogP) is 3.75. The van der Waals surface area contributed by atoms with Crippen LogP contribution in [-0.2, 0) is 6.54 Å². The van der Waals surface area contributed by atoms with Crippen LogP contribution in [0.25, 0.3) is 0 Å². The third-order valence-electron chi connectivity index (χ3n) is 2.55. The van der Waals surface area contributed by atoms with Gasteiger partial charge in [0, 0.05) is 11.8 Å².